The molecule has 4 heteroatoms. The summed E-state index contributed by atoms with van der Waals surface area (Å²) in [5.74, 6) is 0.687. The molecule has 0 unspecified atom stereocenters. The number of amides is 1. The zero-order valence-electron chi connectivity index (χ0n) is 11.9. The van der Waals surface area contributed by atoms with Crippen LogP contribution in [0.5, 0.6) is 5.75 Å². The van der Waals surface area contributed by atoms with E-state index in [1.807, 2.05) is 32.9 Å². The molecule has 1 aliphatic rings. The largest absolute Gasteiger partial charge is 0.412 e. The van der Waals surface area contributed by atoms with Crippen molar-refractivity contribution in [3.8, 4) is 5.75 Å². The Hall–Kier alpha value is -1.55. The van der Waals surface area contributed by atoms with E-state index in [1.165, 1.54) is 0 Å². The molecular formula is C15H22N2O2. The minimum absolute atomic E-state index is 0.221. The highest BCUT2D eigenvalue weighted by molar-refractivity contribution is 5.72. The van der Waals surface area contributed by atoms with E-state index in [4.69, 9.17) is 4.74 Å². The molecule has 0 radical (unpaired) electrons. The molecule has 4 nitrogen and oxygen atoms in total. The summed E-state index contributed by atoms with van der Waals surface area (Å²) in [6, 6.07) is 4.25. The van der Waals surface area contributed by atoms with E-state index in [9.17, 15) is 4.79 Å². The number of nitrogens with one attached hydrogen (secondary N) is 2. The number of piperidine rings is 1. The Kier molecular flexibility index (Phi) is 4.43. The van der Waals surface area contributed by atoms with Crippen LogP contribution < -0.4 is 15.4 Å². The van der Waals surface area contributed by atoms with Gasteiger partial charge in [0.1, 0.15) is 5.75 Å². The fourth-order valence-electron chi connectivity index (χ4n) is 2.34. The Labute approximate surface area is 114 Å². The highest BCUT2D eigenvalue weighted by atomic mass is 16.6. The van der Waals surface area contributed by atoms with Gasteiger partial charge in [0.15, 0.2) is 0 Å². The molecule has 0 aliphatic carbocycles. The van der Waals surface area contributed by atoms with Crippen LogP contribution in [0, 0.1) is 20.8 Å². The second kappa shape index (κ2) is 6.06. The monoisotopic (exact) mass is 262 g/mol. The Bertz CT molecular complexity index is 465. The van der Waals surface area contributed by atoms with Crippen molar-refractivity contribution < 1.29 is 9.53 Å². The van der Waals surface area contributed by atoms with Gasteiger partial charge < -0.3 is 15.4 Å². The molecular weight excluding hydrogens is 240 g/mol. The summed E-state index contributed by atoms with van der Waals surface area (Å²) >= 11 is 0. The van der Waals surface area contributed by atoms with Crippen molar-refractivity contribution in [1.82, 2.24) is 10.6 Å². The second-order valence-corrected chi connectivity index (χ2v) is 5.21. The van der Waals surface area contributed by atoms with Crippen molar-refractivity contribution in [1.29, 1.82) is 0 Å². The van der Waals surface area contributed by atoms with Gasteiger partial charge in [0.2, 0.25) is 0 Å². The van der Waals surface area contributed by atoms with Crippen LogP contribution in [0.15, 0.2) is 12.1 Å². The van der Waals surface area contributed by atoms with Gasteiger partial charge in [0.05, 0.1) is 0 Å². The molecule has 1 fully saturated rings. The van der Waals surface area contributed by atoms with Crippen LogP contribution in [0.1, 0.15) is 29.5 Å². The maximum Gasteiger partial charge on any atom is 0.412 e. The summed E-state index contributed by atoms with van der Waals surface area (Å²) < 4.78 is 5.49. The van der Waals surface area contributed by atoms with Gasteiger partial charge in [-0.05, 0) is 63.4 Å². The molecule has 19 heavy (non-hydrogen) atoms. The normalized spacial score (nSPS) is 16.2. The molecule has 1 aliphatic heterocycles. The molecule has 0 spiro atoms. The van der Waals surface area contributed by atoms with Crippen LogP contribution in [-0.4, -0.2) is 25.2 Å². The van der Waals surface area contributed by atoms with E-state index in [0.717, 1.165) is 42.6 Å². The highest BCUT2D eigenvalue weighted by Gasteiger charge is 2.17. The van der Waals surface area contributed by atoms with Crippen LogP contribution in [0.3, 0.4) is 0 Å². The van der Waals surface area contributed by atoms with Crippen molar-refractivity contribution in [3.63, 3.8) is 0 Å². The summed E-state index contributed by atoms with van der Waals surface area (Å²) in [7, 11) is 0. The highest BCUT2D eigenvalue weighted by Crippen LogP contribution is 2.25. The number of hydrogen-bond acceptors (Lipinski definition) is 3. The Morgan fingerprint density at radius 2 is 1.84 bits per heavy atom. The first-order valence-electron chi connectivity index (χ1n) is 6.84. The fraction of sp³-hybridized carbons (Fsp3) is 0.533. The van der Waals surface area contributed by atoms with E-state index < -0.39 is 0 Å². The van der Waals surface area contributed by atoms with E-state index in [1.54, 1.807) is 0 Å². The standard InChI is InChI=1S/C15H22N2O2/c1-10-4-5-11(2)14(12(10)3)19-15(18)17-13-6-8-16-9-7-13/h4-5,13,16H,6-9H2,1-3H3,(H,17,18). The molecule has 104 valence electrons. The number of ether oxygens (including phenoxy) is 1. The van der Waals surface area contributed by atoms with Crippen LogP contribution >= 0.6 is 0 Å². The van der Waals surface area contributed by atoms with E-state index >= 15 is 0 Å². The lowest BCUT2D eigenvalue weighted by atomic mass is 10.1. The molecule has 2 N–H and O–H groups in total. The van der Waals surface area contributed by atoms with Crippen LogP contribution in [0.2, 0.25) is 0 Å². The third kappa shape index (κ3) is 3.47. The van der Waals surface area contributed by atoms with E-state index in [2.05, 4.69) is 10.6 Å². The van der Waals surface area contributed by atoms with Crippen LogP contribution in [0.25, 0.3) is 0 Å². The SMILES string of the molecule is Cc1ccc(C)c(OC(=O)NC2CCNCC2)c1C. The Balaban J connectivity index is 2.00. The van der Waals surface area contributed by atoms with Crippen LogP contribution in [0.4, 0.5) is 4.79 Å². The zero-order valence-corrected chi connectivity index (χ0v) is 11.9. The molecule has 1 heterocycles. The van der Waals surface area contributed by atoms with Crippen molar-refractivity contribution >= 4 is 6.09 Å². The summed E-state index contributed by atoms with van der Waals surface area (Å²) in [5, 5.41) is 6.21. The molecule has 0 aromatic heterocycles. The molecule has 1 amide bonds. The van der Waals surface area contributed by atoms with E-state index in [-0.39, 0.29) is 12.1 Å². The predicted molar refractivity (Wildman–Crippen MR) is 75.7 cm³/mol. The molecule has 1 aromatic carbocycles. The lowest BCUT2D eigenvalue weighted by molar-refractivity contribution is 0.192. The number of carbonyl (C=O) groups is 1. The van der Waals surface area contributed by atoms with Gasteiger partial charge >= 0.3 is 6.09 Å². The Morgan fingerprint density at radius 1 is 1.21 bits per heavy atom. The summed E-state index contributed by atoms with van der Waals surface area (Å²) in [6.07, 6.45) is 1.57. The van der Waals surface area contributed by atoms with Gasteiger partial charge in [0.25, 0.3) is 0 Å². The minimum Gasteiger partial charge on any atom is -0.410 e. The quantitative estimate of drug-likeness (QED) is 0.860. The van der Waals surface area contributed by atoms with Gasteiger partial charge in [-0.1, -0.05) is 12.1 Å². The van der Waals surface area contributed by atoms with Crippen molar-refractivity contribution in [2.24, 2.45) is 0 Å². The third-order valence-corrected chi connectivity index (χ3v) is 3.73. The Morgan fingerprint density at radius 3 is 2.53 bits per heavy atom. The van der Waals surface area contributed by atoms with Gasteiger partial charge in [0, 0.05) is 6.04 Å². The predicted octanol–water partition coefficient (Wildman–Crippen LogP) is 2.45. The maximum atomic E-state index is 11.9. The molecule has 1 aromatic rings. The van der Waals surface area contributed by atoms with Crippen LogP contribution in [-0.2, 0) is 0 Å². The summed E-state index contributed by atoms with van der Waals surface area (Å²) in [4.78, 5) is 11.9. The number of hydrogen-bond donors (Lipinski definition) is 2. The second-order valence-electron chi connectivity index (χ2n) is 5.21. The van der Waals surface area contributed by atoms with Gasteiger partial charge in [-0.3, -0.25) is 0 Å². The maximum absolute atomic E-state index is 11.9. The average molecular weight is 262 g/mol. The average Bonchev–Trinajstić information content (AvgIpc) is 2.40. The first-order chi connectivity index (χ1) is 9.08. The number of rotatable bonds is 2. The molecule has 2 rings (SSSR count). The lowest BCUT2D eigenvalue weighted by Crippen LogP contribution is -2.43. The lowest BCUT2D eigenvalue weighted by Gasteiger charge is -2.23. The smallest absolute Gasteiger partial charge is 0.410 e. The number of aryl methyl sites for hydroxylation is 2. The fourth-order valence-corrected chi connectivity index (χ4v) is 2.34. The molecule has 0 bridgehead atoms. The van der Waals surface area contributed by atoms with Crippen molar-refractivity contribution in [2.45, 2.75) is 39.7 Å². The summed E-state index contributed by atoms with van der Waals surface area (Å²) in [6.45, 7) is 7.86. The van der Waals surface area contributed by atoms with Crippen molar-refractivity contribution in [2.75, 3.05) is 13.1 Å². The van der Waals surface area contributed by atoms with Gasteiger partial charge in [-0.2, -0.15) is 0 Å². The number of benzene rings is 1. The van der Waals surface area contributed by atoms with Gasteiger partial charge in [-0.25, -0.2) is 4.79 Å². The topological polar surface area (TPSA) is 50.4 Å². The van der Waals surface area contributed by atoms with E-state index in [0.29, 0.717) is 5.75 Å². The van der Waals surface area contributed by atoms with Crippen molar-refractivity contribution in [3.05, 3.63) is 28.8 Å². The molecule has 1 saturated heterocycles. The first-order valence-corrected chi connectivity index (χ1v) is 6.84. The first kappa shape index (κ1) is 13.9. The summed E-state index contributed by atoms with van der Waals surface area (Å²) in [5.41, 5.74) is 3.15. The molecule has 0 saturated carbocycles. The molecule has 0 atom stereocenters. The number of carbonyl (C=O) groups excluding carboxylic acids is 1. The minimum atomic E-state index is -0.344. The van der Waals surface area contributed by atoms with Gasteiger partial charge in [-0.15, -0.1) is 0 Å². The zero-order chi connectivity index (χ0) is 13.8. The third-order valence-electron chi connectivity index (χ3n) is 3.73.